The molecule has 2 rings (SSSR count). The molecule has 17 heavy (non-hydrogen) atoms. The highest BCUT2D eigenvalue weighted by molar-refractivity contribution is 5.43. The lowest BCUT2D eigenvalue weighted by Crippen LogP contribution is -2.00. The van der Waals surface area contributed by atoms with Gasteiger partial charge in [0.1, 0.15) is 0 Å². The van der Waals surface area contributed by atoms with Crippen molar-refractivity contribution < 1.29 is 0 Å². The molecule has 1 aromatic carbocycles. The van der Waals surface area contributed by atoms with Crippen molar-refractivity contribution in [1.82, 2.24) is 9.78 Å². The molecule has 0 aliphatic carbocycles. The zero-order chi connectivity index (χ0) is 12.1. The Bertz CT molecular complexity index is 536. The third-order valence-electron chi connectivity index (χ3n) is 2.58. The summed E-state index contributed by atoms with van der Waals surface area (Å²) in [7, 11) is 0. The summed E-state index contributed by atoms with van der Waals surface area (Å²) < 4.78 is 1.86. The van der Waals surface area contributed by atoms with Crippen molar-refractivity contribution in [3.8, 4) is 6.07 Å². The number of benzene rings is 1. The van der Waals surface area contributed by atoms with Crippen LogP contribution in [0.3, 0.4) is 0 Å². The van der Waals surface area contributed by atoms with Gasteiger partial charge in [0, 0.05) is 19.3 Å². The van der Waals surface area contributed by atoms with E-state index in [4.69, 9.17) is 5.26 Å². The second-order valence-electron chi connectivity index (χ2n) is 3.71. The SMILES string of the molecule is CCn1cc(NCc2ccccc2C#N)cn1. The largest absolute Gasteiger partial charge is 0.378 e. The number of aryl methyl sites for hydroxylation is 1. The zero-order valence-electron chi connectivity index (χ0n) is 9.72. The van der Waals surface area contributed by atoms with E-state index in [0.29, 0.717) is 12.1 Å². The quantitative estimate of drug-likeness (QED) is 0.870. The Morgan fingerprint density at radius 1 is 1.41 bits per heavy atom. The highest BCUT2D eigenvalue weighted by atomic mass is 15.3. The van der Waals surface area contributed by atoms with Crippen LogP contribution in [0.2, 0.25) is 0 Å². The summed E-state index contributed by atoms with van der Waals surface area (Å²) in [4.78, 5) is 0. The van der Waals surface area contributed by atoms with Crippen LogP contribution in [0.4, 0.5) is 5.69 Å². The molecule has 0 spiro atoms. The molecule has 2 aromatic rings. The number of nitriles is 1. The first-order chi connectivity index (χ1) is 8.33. The summed E-state index contributed by atoms with van der Waals surface area (Å²) in [6.07, 6.45) is 3.74. The molecular formula is C13H14N4. The van der Waals surface area contributed by atoms with Crippen molar-refractivity contribution in [2.45, 2.75) is 20.0 Å². The predicted molar refractivity (Wildman–Crippen MR) is 66.4 cm³/mol. The third-order valence-corrected chi connectivity index (χ3v) is 2.58. The smallest absolute Gasteiger partial charge is 0.0995 e. The van der Waals surface area contributed by atoms with Gasteiger partial charge in [-0.3, -0.25) is 4.68 Å². The van der Waals surface area contributed by atoms with Gasteiger partial charge in [-0.25, -0.2) is 0 Å². The number of nitrogens with zero attached hydrogens (tertiary/aromatic N) is 3. The van der Waals surface area contributed by atoms with Crippen LogP contribution in [0.5, 0.6) is 0 Å². The van der Waals surface area contributed by atoms with Gasteiger partial charge in [-0.05, 0) is 18.6 Å². The molecule has 0 fully saturated rings. The minimum atomic E-state index is 0.638. The maximum atomic E-state index is 8.96. The molecule has 0 radical (unpaired) electrons. The van der Waals surface area contributed by atoms with E-state index in [9.17, 15) is 0 Å². The van der Waals surface area contributed by atoms with Gasteiger partial charge in [0.25, 0.3) is 0 Å². The first-order valence-corrected chi connectivity index (χ1v) is 5.58. The van der Waals surface area contributed by atoms with Gasteiger partial charge in [-0.15, -0.1) is 0 Å². The van der Waals surface area contributed by atoms with Crippen molar-refractivity contribution in [2.75, 3.05) is 5.32 Å². The average Bonchev–Trinajstić information content (AvgIpc) is 2.84. The second kappa shape index (κ2) is 5.17. The molecule has 4 heteroatoms. The molecule has 0 unspecified atom stereocenters. The van der Waals surface area contributed by atoms with Gasteiger partial charge >= 0.3 is 0 Å². The molecule has 0 aliphatic rings. The van der Waals surface area contributed by atoms with Gasteiger partial charge in [0.2, 0.25) is 0 Å². The lowest BCUT2D eigenvalue weighted by Gasteiger charge is -2.05. The van der Waals surface area contributed by atoms with Crippen LogP contribution in [0, 0.1) is 11.3 Å². The van der Waals surface area contributed by atoms with Crippen molar-refractivity contribution in [3.05, 3.63) is 47.8 Å². The fourth-order valence-electron chi connectivity index (χ4n) is 1.61. The van der Waals surface area contributed by atoms with Crippen LogP contribution >= 0.6 is 0 Å². The molecule has 86 valence electrons. The Labute approximate surface area is 100 Å². The summed E-state index contributed by atoms with van der Waals surface area (Å²) in [5.74, 6) is 0. The van der Waals surface area contributed by atoms with E-state index in [2.05, 4.69) is 16.5 Å². The van der Waals surface area contributed by atoms with Crippen LogP contribution in [-0.2, 0) is 13.1 Å². The summed E-state index contributed by atoms with van der Waals surface area (Å²) in [5, 5.41) is 16.4. The summed E-state index contributed by atoms with van der Waals surface area (Å²) in [6.45, 7) is 3.54. The fraction of sp³-hybridized carbons (Fsp3) is 0.231. The van der Waals surface area contributed by atoms with Gasteiger partial charge in [0.05, 0.1) is 23.5 Å². The molecule has 0 bridgehead atoms. The van der Waals surface area contributed by atoms with Crippen molar-refractivity contribution >= 4 is 5.69 Å². The van der Waals surface area contributed by atoms with Crippen LogP contribution in [0.25, 0.3) is 0 Å². The zero-order valence-corrected chi connectivity index (χ0v) is 9.72. The number of hydrogen-bond acceptors (Lipinski definition) is 3. The topological polar surface area (TPSA) is 53.6 Å². The monoisotopic (exact) mass is 226 g/mol. The van der Waals surface area contributed by atoms with Crippen molar-refractivity contribution in [1.29, 1.82) is 5.26 Å². The minimum absolute atomic E-state index is 0.638. The Kier molecular flexibility index (Phi) is 3.41. The predicted octanol–water partition coefficient (Wildman–Crippen LogP) is 2.39. The molecular weight excluding hydrogens is 212 g/mol. The van der Waals surface area contributed by atoms with E-state index in [1.807, 2.05) is 42.1 Å². The van der Waals surface area contributed by atoms with Gasteiger partial charge in [-0.1, -0.05) is 18.2 Å². The molecule has 1 N–H and O–H groups in total. The molecule has 0 amide bonds. The molecule has 1 heterocycles. The number of hydrogen-bond donors (Lipinski definition) is 1. The maximum absolute atomic E-state index is 8.96. The van der Waals surface area contributed by atoms with Crippen LogP contribution in [-0.4, -0.2) is 9.78 Å². The Balaban J connectivity index is 2.05. The van der Waals surface area contributed by atoms with Gasteiger partial charge in [-0.2, -0.15) is 10.4 Å². The molecule has 0 atom stereocenters. The Hall–Kier alpha value is -2.28. The summed E-state index contributed by atoms with van der Waals surface area (Å²) in [6, 6.07) is 9.78. The van der Waals surface area contributed by atoms with Crippen molar-refractivity contribution in [2.24, 2.45) is 0 Å². The minimum Gasteiger partial charge on any atom is -0.378 e. The standard InChI is InChI=1S/C13H14N4/c1-2-17-10-13(9-16-17)15-8-12-6-4-3-5-11(12)7-14/h3-6,9-10,15H,2,8H2,1H3. The molecule has 0 saturated carbocycles. The van der Waals surface area contributed by atoms with Crippen LogP contribution in [0.1, 0.15) is 18.1 Å². The summed E-state index contributed by atoms with van der Waals surface area (Å²) >= 11 is 0. The second-order valence-corrected chi connectivity index (χ2v) is 3.71. The van der Waals surface area contributed by atoms with Crippen molar-refractivity contribution in [3.63, 3.8) is 0 Å². The maximum Gasteiger partial charge on any atom is 0.0995 e. The van der Waals surface area contributed by atoms with E-state index >= 15 is 0 Å². The highest BCUT2D eigenvalue weighted by Crippen LogP contribution is 2.11. The number of anilines is 1. The Morgan fingerprint density at radius 3 is 2.94 bits per heavy atom. The first kappa shape index (κ1) is 11.2. The third kappa shape index (κ3) is 2.64. The van der Waals surface area contributed by atoms with E-state index in [1.54, 1.807) is 6.20 Å². The molecule has 0 saturated heterocycles. The van der Waals surface area contributed by atoms with Crippen LogP contribution < -0.4 is 5.32 Å². The molecule has 1 aromatic heterocycles. The highest BCUT2D eigenvalue weighted by Gasteiger charge is 2.01. The summed E-state index contributed by atoms with van der Waals surface area (Å²) in [5.41, 5.74) is 2.68. The normalized spacial score (nSPS) is 9.88. The number of nitrogens with one attached hydrogen (secondary N) is 1. The number of rotatable bonds is 4. The van der Waals surface area contributed by atoms with Crippen LogP contribution in [0.15, 0.2) is 36.7 Å². The van der Waals surface area contributed by atoms with Gasteiger partial charge in [0.15, 0.2) is 0 Å². The molecule has 0 aliphatic heterocycles. The van der Waals surface area contributed by atoms with E-state index in [-0.39, 0.29) is 0 Å². The lowest BCUT2D eigenvalue weighted by atomic mass is 10.1. The number of aromatic nitrogens is 2. The van der Waals surface area contributed by atoms with Gasteiger partial charge < -0.3 is 5.32 Å². The fourth-order valence-corrected chi connectivity index (χ4v) is 1.61. The van der Waals surface area contributed by atoms with E-state index < -0.39 is 0 Å². The van der Waals surface area contributed by atoms with E-state index in [0.717, 1.165) is 17.8 Å². The van der Waals surface area contributed by atoms with E-state index in [1.165, 1.54) is 0 Å². The first-order valence-electron chi connectivity index (χ1n) is 5.58. The molecule has 4 nitrogen and oxygen atoms in total. The Morgan fingerprint density at radius 2 is 2.24 bits per heavy atom. The average molecular weight is 226 g/mol. The lowest BCUT2D eigenvalue weighted by molar-refractivity contribution is 0.660.